The molecule has 0 spiro atoms. The molecule has 1 aliphatic heterocycles. The minimum atomic E-state index is -0.878. The van der Waals surface area contributed by atoms with Gasteiger partial charge in [-0.15, -0.1) is 0 Å². The summed E-state index contributed by atoms with van der Waals surface area (Å²) in [6, 6.07) is 16.8. The molecule has 0 fully saturated rings. The number of rotatable bonds is 8. The summed E-state index contributed by atoms with van der Waals surface area (Å²) in [5, 5.41) is 19.8. The summed E-state index contributed by atoms with van der Waals surface area (Å²) < 4.78 is 7.22. The number of imidazole rings is 1. The summed E-state index contributed by atoms with van der Waals surface area (Å²) in [4.78, 5) is 19.6. The second kappa shape index (κ2) is 10.7. The molecule has 3 aromatic rings. The molecule has 4 rings (SSSR count). The molecule has 182 valence electrons. The van der Waals surface area contributed by atoms with Crippen molar-refractivity contribution in [1.29, 1.82) is 5.26 Å². The minimum Gasteiger partial charge on any atom is -0.461 e. The SMILES string of the molecule is CCCc1nc(C(C)O)c(C(=O)OCC)n1Cc1ccc2c(c1)CCc1ccccc1N2CC#N. The fourth-order valence-electron chi connectivity index (χ4n) is 4.82. The molecule has 0 radical (unpaired) electrons. The van der Waals surface area contributed by atoms with E-state index in [4.69, 9.17) is 4.74 Å². The van der Waals surface area contributed by atoms with Crippen molar-refractivity contribution in [3.63, 3.8) is 0 Å². The van der Waals surface area contributed by atoms with Crippen molar-refractivity contribution in [2.45, 2.75) is 59.1 Å². The van der Waals surface area contributed by atoms with E-state index < -0.39 is 12.1 Å². The Kier molecular flexibility index (Phi) is 7.52. The molecule has 0 bridgehead atoms. The summed E-state index contributed by atoms with van der Waals surface area (Å²) in [7, 11) is 0. The highest BCUT2D eigenvalue weighted by molar-refractivity contribution is 5.89. The third kappa shape index (κ3) is 4.94. The second-order valence-corrected chi connectivity index (χ2v) is 8.83. The van der Waals surface area contributed by atoms with E-state index in [1.807, 2.05) is 22.8 Å². The number of nitriles is 1. The van der Waals surface area contributed by atoms with E-state index in [1.54, 1.807) is 13.8 Å². The van der Waals surface area contributed by atoms with Crippen molar-refractivity contribution in [3.05, 3.63) is 76.4 Å². The smallest absolute Gasteiger partial charge is 0.357 e. The van der Waals surface area contributed by atoms with Gasteiger partial charge in [-0.05, 0) is 61.9 Å². The fourth-order valence-corrected chi connectivity index (χ4v) is 4.82. The van der Waals surface area contributed by atoms with Gasteiger partial charge >= 0.3 is 5.97 Å². The van der Waals surface area contributed by atoms with Gasteiger partial charge in [0.2, 0.25) is 0 Å². The number of ether oxygens (including phenoxy) is 1. The number of aliphatic hydroxyl groups excluding tert-OH is 1. The molecule has 1 atom stereocenters. The lowest BCUT2D eigenvalue weighted by Crippen LogP contribution is -2.19. The largest absolute Gasteiger partial charge is 0.461 e. The Hall–Kier alpha value is -3.63. The van der Waals surface area contributed by atoms with Crippen LogP contribution in [0.1, 0.15) is 72.0 Å². The van der Waals surface area contributed by atoms with Crippen LogP contribution in [0.2, 0.25) is 0 Å². The molecular weight excluding hydrogens is 440 g/mol. The molecule has 0 saturated heterocycles. The number of hydrogen-bond donors (Lipinski definition) is 1. The van der Waals surface area contributed by atoms with Gasteiger partial charge in [-0.3, -0.25) is 0 Å². The van der Waals surface area contributed by atoms with E-state index in [-0.39, 0.29) is 13.2 Å². The van der Waals surface area contributed by atoms with Crippen LogP contribution in [0, 0.1) is 11.3 Å². The maximum atomic E-state index is 12.9. The number of esters is 1. The predicted molar refractivity (Wildman–Crippen MR) is 135 cm³/mol. The molecule has 1 N–H and O–H groups in total. The molecule has 2 heterocycles. The summed E-state index contributed by atoms with van der Waals surface area (Å²) in [6.07, 6.45) is 2.43. The van der Waals surface area contributed by atoms with E-state index in [0.29, 0.717) is 24.4 Å². The Bertz CT molecular complexity index is 1260. The zero-order chi connectivity index (χ0) is 24.9. The number of fused-ring (bicyclic) bond motifs is 2. The van der Waals surface area contributed by atoms with Gasteiger partial charge in [0.05, 0.1) is 18.8 Å². The second-order valence-electron chi connectivity index (χ2n) is 8.83. The van der Waals surface area contributed by atoms with Crippen molar-refractivity contribution < 1.29 is 14.6 Å². The Morgan fingerprint density at radius 2 is 1.91 bits per heavy atom. The highest BCUT2D eigenvalue weighted by Crippen LogP contribution is 2.36. The number of carbonyl (C=O) groups excluding carboxylic acids is 1. The number of aliphatic hydroxyl groups is 1. The van der Waals surface area contributed by atoms with E-state index in [1.165, 1.54) is 11.1 Å². The third-order valence-corrected chi connectivity index (χ3v) is 6.36. The highest BCUT2D eigenvalue weighted by Gasteiger charge is 2.27. The first-order valence-corrected chi connectivity index (χ1v) is 12.3. The number of benzene rings is 2. The van der Waals surface area contributed by atoms with Crippen LogP contribution < -0.4 is 4.90 Å². The summed E-state index contributed by atoms with van der Waals surface area (Å²) in [5.74, 6) is 0.295. The maximum Gasteiger partial charge on any atom is 0.357 e. The average Bonchev–Trinajstić information content (AvgIpc) is 3.12. The quantitative estimate of drug-likeness (QED) is 0.371. The highest BCUT2D eigenvalue weighted by atomic mass is 16.5. The van der Waals surface area contributed by atoms with Crippen molar-refractivity contribution >= 4 is 17.3 Å². The van der Waals surface area contributed by atoms with Gasteiger partial charge in [0.1, 0.15) is 18.1 Å². The average molecular weight is 473 g/mol. The summed E-state index contributed by atoms with van der Waals surface area (Å²) >= 11 is 0. The van der Waals surface area contributed by atoms with E-state index in [0.717, 1.165) is 42.0 Å². The summed E-state index contributed by atoms with van der Waals surface area (Å²) in [5.41, 5.74) is 6.22. The van der Waals surface area contributed by atoms with Crippen molar-refractivity contribution in [2.75, 3.05) is 18.1 Å². The van der Waals surface area contributed by atoms with Crippen molar-refractivity contribution in [2.24, 2.45) is 0 Å². The number of hydrogen-bond acceptors (Lipinski definition) is 6. The number of nitrogens with zero attached hydrogens (tertiary/aromatic N) is 4. The van der Waals surface area contributed by atoms with Crippen LogP contribution in [0.15, 0.2) is 42.5 Å². The Balaban J connectivity index is 1.76. The van der Waals surface area contributed by atoms with Crippen LogP contribution in [0.4, 0.5) is 11.4 Å². The van der Waals surface area contributed by atoms with Gasteiger partial charge in [0.25, 0.3) is 0 Å². The first-order valence-electron chi connectivity index (χ1n) is 12.3. The van der Waals surface area contributed by atoms with Gasteiger partial charge in [0, 0.05) is 24.3 Å². The van der Waals surface area contributed by atoms with E-state index in [9.17, 15) is 15.2 Å². The number of aromatic nitrogens is 2. The number of carbonyl (C=O) groups is 1. The zero-order valence-electron chi connectivity index (χ0n) is 20.6. The van der Waals surface area contributed by atoms with Crippen molar-refractivity contribution in [3.8, 4) is 6.07 Å². The van der Waals surface area contributed by atoms with Crippen LogP contribution in [0.5, 0.6) is 0 Å². The molecule has 1 unspecified atom stereocenters. The normalized spacial score (nSPS) is 13.4. The third-order valence-electron chi connectivity index (χ3n) is 6.36. The van der Waals surface area contributed by atoms with Gasteiger partial charge in [-0.1, -0.05) is 37.3 Å². The summed E-state index contributed by atoms with van der Waals surface area (Å²) in [6.45, 7) is 6.42. The minimum absolute atomic E-state index is 0.251. The molecular formula is C28H32N4O3. The van der Waals surface area contributed by atoms with Crippen molar-refractivity contribution in [1.82, 2.24) is 9.55 Å². The molecule has 0 aliphatic carbocycles. The molecule has 1 aliphatic rings. The molecule has 0 amide bonds. The molecule has 7 nitrogen and oxygen atoms in total. The lowest BCUT2D eigenvalue weighted by molar-refractivity contribution is 0.0506. The van der Waals surface area contributed by atoms with Gasteiger partial charge < -0.3 is 19.3 Å². The molecule has 2 aromatic carbocycles. The van der Waals surface area contributed by atoms with Crippen LogP contribution in [-0.2, 0) is 30.5 Å². The van der Waals surface area contributed by atoms with Crippen LogP contribution in [0.25, 0.3) is 0 Å². The molecule has 7 heteroatoms. The van der Waals surface area contributed by atoms with E-state index >= 15 is 0 Å². The van der Waals surface area contributed by atoms with Gasteiger partial charge in [-0.2, -0.15) is 5.26 Å². The lowest BCUT2D eigenvalue weighted by Gasteiger charge is -2.24. The van der Waals surface area contributed by atoms with Crippen LogP contribution >= 0.6 is 0 Å². The number of aryl methyl sites for hydroxylation is 3. The van der Waals surface area contributed by atoms with E-state index in [2.05, 4.69) is 47.1 Å². The Morgan fingerprint density at radius 1 is 1.17 bits per heavy atom. The number of para-hydroxylation sites is 1. The molecule has 35 heavy (non-hydrogen) atoms. The predicted octanol–water partition coefficient (Wildman–Crippen LogP) is 4.87. The lowest BCUT2D eigenvalue weighted by atomic mass is 10.0. The standard InChI is InChI=1S/C28H32N4O3/c1-4-8-25-30-26(19(3)33)27(28(34)35-5-2)32(25)18-20-11-14-24-22(17-20)13-12-21-9-6-7-10-23(21)31(24)16-15-29/h6-7,9-11,14,17,19,33H,4-5,8,12-13,16,18H2,1-3H3. The number of anilines is 2. The Morgan fingerprint density at radius 3 is 2.63 bits per heavy atom. The zero-order valence-corrected chi connectivity index (χ0v) is 20.6. The molecule has 0 saturated carbocycles. The first-order chi connectivity index (χ1) is 17.0. The fraction of sp³-hybridized carbons (Fsp3) is 0.393. The maximum absolute atomic E-state index is 12.9. The topological polar surface area (TPSA) is 91.4 Å². The van der Waals surface area contributed by atoms with Crippen LogP contribution in [0.3, 0.4) is 0 Å². The first kappa shape index (κ1) is 24.5. The monoisotopic (exact) mass is 472 g/mol. The van der Waals surface area contributed by atoms with Crippen LogP contribution in [-0.4, -0.2) is 33.8 Å². The van der Waals surface area contributed by atoms with Gasteiger partial charge in [-0.25, -0.2) is 9.78 Å². The Labute approximate surface area is 206 Å². The van der Waals surface area contributed by atoms with Gasteiger partial charge in [0.15, 0.2) is 5.69 Å². The molecule has 1 aromatic heterocycles.